The Morgan fingerprint density at radius 2 is 1.88 bits per heavy atom. The number of aromatic hydroxyl groups is 3. The summed E-state index contributed by atoms with van der Waals surface area (Å²) < 4.78 is 1.71. The third-order valence-corrected chi connectivity index (χ3v) is 5.02. The molecular formula is C17H17N3O3S2. The molecule has 0 atom stereocenters. The topological polar surface area (TPSA) is 90.3 Å². The fourth-order valence-corrected chi connectivity index (χ4v) is 3.89. The molecule has 2 heterocycles. The van der Waals surface area contributed by atoms with Crippen molar-refractivity contribution in [3.05, 3.63) is 45.4 Å². The molecule has 3 rings (SSSR count). The highest BCUT2D eigenvalue weighted by molar-refractivity contribution is 7.14. The summed E-state index contributed by atoms with van der Waals surface area (Å²) in [4.78, 5) is 6.36. The van der Waals surface area contributed by atoms with E-state index >= 15 is 0 Å². The van der Waals surface area contributed by atoms with Crippen LogP contribution in [-0.4, -0.2) is 32.3 Å². The Hall–Kier alpha value is -2.58. The van der Waals surface area contributed by atoms with Crippen molar-refractivity contribution in [2.75, 3.05) is 0 Å². The van der Waals surface area contributed by atoms with Crippen molar-refractivity contribution in [1.29, 1.82) is 0 Å². The maximum absolute atomic E-state index is 9.95. The van der Waals surface area contributed by atoms with Crippen LogP contribution in [-0.2, 0) is 0 Å². The maximum atomic E-state index is 9.95. The molecule has 0 amide bonds. The van der Waals surface area contributed by atoms with Gasteiger partial charge in [-0.05, 0) is 37.4 Å². The highest BCUT2D eigenvalue weighted by atomic mass is 32.1. The van der Waals surface area contributed by atoms with Gasteiger partial charge in [0.15, 0.2) is 11.5 Å². The summed E-state index contributed by atoms with van der Waals surface area (Å²) in [5.41, 5.74) is 1.19. The van der Waals surface area contributed by atoms with Gasteiger partial charge in [0, 0.05) is 17.0 Å². The normalized spacial score (nSPS) is 12.5. The van der Waals surface area contributed by atoms with E-state index in [4.69, 9.17) is 0 Å². The molecule has 0 aliphatic carbocycles. The minimum Gasteiger partial charge on any atom is -0.504 e. The van der Waals surface area contributed by atoms with Gasteiger partial charge in [0.05, 0.1) is 16.8 Å². The van der Waals surface area contributed by atoms with Gasteiger partial charge in [-0.2, -0.15) is 5.10 Å². The van der Waals surface area contributed by atoms with Crippen molar-refractivity contribution >= 4 is 28.9 Å². The zero-order chi connectivity index (χ0) is 18.0. The number of thiophene rings is 1. The Labute approximate surface area is 152 Å². The molecule has 0 unspecified atom stereocenters. The van der Waals surface area contributed by atoms with Crippen LogP contribution in [0.4, 0.5) is 0 Å². The Morgan fingerprint density at radius 1 is 1.08 bits per heavy atom. The molecule has 25 heavy (non-hydrogen) atoms. The predicted molar refractivity (Wildman–Crippen MR) is 101 cm³/mol. The molecule has 3 N–H and O–H groups in total. The van der Waals surface area contributed by atoms with Crippen LogP contribution in [0.1, 0.15) is 19.4 Å². The standard InChI is InChI=1S/C17H17N3O3S2/c1-10(2)19-17-20(12(9-25-17)14-4-3-7-24-14)18-8-11-5-6-13(21)16(23)15(11)22/h3-10,21-23H,1-2H3/b18-8+,19-17-. The Morgan fingerprint density at radius 3 is 2.56 bits per heavy atom. The van der Waals surface area contributed by atoms with E-state index in [0.29, 0.717) is 5.56 Å². The van der Waals surface area contributed by atoms with Crippen LogP contribution in [0.3, 0.4) is 0 Å². The zero-order valence-corrected chi connectivity index (χ0v) is 15.3. The molecule has 0 radical (unpaired) electrons. The number of rotatable bonds is 4. The van der Waals surface area contributed by atoms with Gasteiger partial charge in [0.25, 0.3) is 0 Å². The second kappa shape index (κ2) is 7.12. The first-order valence-electron chi connectivity index (χ1n) is 7.54. The monoisotopic (exact) mass is 375 g/mol. The molecule has 0 saturated carbocycles. The Balaban J connectivity index is 2.10. The zero-order valence-electron chi connectivity index (χ0n) is 13.6. The first-order valence-corrected chi connectivity index (χ1v) is 9.30. The van der Waals surface area contributed by atoms with E-state index in [1.165, 1.54) is 29.7 Å². The minimum atomic E-state index is -0.565. The van der Waals surface area contributed by atoms with Gasteiger partial charge in [-0.3, -0.25) is 4.99 Å². The van der Waals surface area contributed by atoms with E-state index < -0.39 is 11.5 Å². The van der Waals surface area contributed by atoms with Crippen LogP contribution < -0.4 is 4.80 Å². The lowest BCUT2D eigenvalue weighted by Gasteiger charge is -2.05. The van der Waals surface area contributed by atoms with E-state index in [1.807, 2.05) is 36.7 Å². The third kappa shape index (κ3) is 3.59. The largest absolute Gasteiger partial charge is 0.504 e. The van der Waals surface area contributed by atoms with Crippen LogP contribution in [0.5, 0.6) is 17.2 Å². The minimum absolute atomic E-state index is 0.113. The smallest absolute Gasteiger partial charge is 0.206 e. The van der Waals surface area contributed by atoms with Crippen LogP contribution >= 0.6 is 22.7 Å². The van der Waals surface area contributed by atoms with E-state index in [1.54, 1.807) is 16.0 Å². The van der Waals surface area contributed by atoms with Crippen LogP contribution in [0, 0.1) is 0 Å². The molecule has 2 aromatic heterocycles. The fraction of sp³-hybridized carbons (Fsp3) is 0.176. The summed E-state index contributed by atoms with van der Waals surface area (Å²) in [6.45, 7) is 3.98. The molecule has 0 fully saturated rings. The van der Waals surface area contributed by atoms with Crippen molar-refractivity contribution in [2.45, 2.75) is 19.9 Å². The van der Waals surface area contributed by atoms with Gasteiger partial charge >= 0.3 is 0 Å². The third-order valence-electron chi connectivity index (χ3n) is 3.30. The first kappa shape index (κ1) is 17.2. The van der Waals surface area contributed by atoms with Crippen molar-refractivity contribution in [3.8, 4) is 27.8 Å². The van der Waals surface area contributed by atoms with Gasteiger partial charge < -0.3 is 15.3 Å². The van der Waals surface area contributed by atoms with E-state index in [9.17, 15) is 15.3 Å². The molecule has 1 aromatic carbocycles. The SMILES string of the molecule is CC(C)/N=c1\scc(-c2cccs2)n1/N=C/c1ccc(O)c(O)c1O. The second-order valence-corrected chi connectivity index (χ2v) is 7.32. The average molecular weight is 375 g/mol. The summed E-state index contributed by atoms with van der Waals surface area (Å²) >= 11 is 3.08. The number of phenols is 3. The average Bonchev–Trinajstić information content (AvgIpc) is 3.21. The van der Waals surface area contributed by atoms with Crippen LogP contribution in [0.2, 0.25) is 0 Å². The molecule has 0 aliphatic heterocycles. The summed E-state index contributed by atoms with van der Waals surface area (Å²) in [5, 5.41) is 37.4. The number of thiazole rings is 1. The lowest BCUT2D eigenvalue weighted by atomic mass is 10.2. The van der Waals surface area contributed by atoms with E-state index in [2.05, 4.69) is 10.1 Å². The summed E-state index contributed by atoms with van der Waals surface area (Å²) in [7, 11) is 0. The number of phenolic OH excluding ortho intramolecular Hbond substituents is 3. The summed E-state index contributed by atoms with van der Waals surface area (Å²) in [6, 6.07) is 6.86. The van der Waals surface area contributed by atoms with E-state index in [0.717, 1.165) is 15.4 Å². The lowest BCUT2D eigenvalue weighted by Crippen LogP contribution is -2.14. The van der Waals surface area contributed by atoms with Gasteiger partial charge in [0.1, 0.15) is 0 Å². The molecule has 0 saturated heterocycles. The molecule has 0 bridgehead atoms. The van der Waals surface area contributed by atoms with E-state index in [-0.39, 0.29) is 11.8 Å². The maximum Gasteiger partial charge on any atom is 0.206 e. The van der Waals surface area contributed by atoms with Crippen molar-refractivity contribution in [2.24, 2.45) is 10.1 Å². The van der Waals surface area contributed by atoms with Crippen LogP contribution in [0.15, 0.2) is 45.1 Å². The Kier molecular flexibility index (Phi) is 4.91. The Bertz CT molecular complexity index is 970. The highest BCUT2D eigenvalue weighted by Gasteiger charge is 2.11. The number of hydrogen-bond acceptors (Lipinski definition) is 7. The van der Waals surface area contributed by atoms with Gasteiger partial charge in [0.2, 0.25) is 10.6 Å². The lowest BCUT2D eigenvalue weighted by molar-refractivity contribution is 0.367. The van der Waals surface area contributed by atoms with Gasteiger partial charge in [-0.25, -0.2) is 4.68 Å². The number of hydrogen-bond donors (Lipinski definition) is 3. The van der Waals surface area contributed by atoms with Crippen molar-refractivity contribution < 1.29 is 15.3 Å². The number of nitrogens with zero attached hydrogens (tertiary/aromatic N) is 3. The van der Waals surface area contributed by atoms with Crippen LogP contribution in [0.25, 0.3) is 10.6 Å². The van der Waals surface area contributed by atoms with Gasteiger partial charge in [-0.15, -0.1) is 22.7 Å². The molecule has 6 nitrogen and oxygen atoms in total. The van der Waals surface area contributed by atoms with Crippen molar-refractivity contribution in [1.82, 2.24) is 4.68 Å². The number of aromatic nitrogens is 1. The molecule has 0 spiro atoms. The first-order chi connectivity index (χ1) is 12.0. The molecular weight excluding hydrogens is 358 g/mol. The molecule has 3 aromatic rings. The molecule has 0 aliphatic rings. The molecule has 130 valence electrons. The highest BCUT2D eigenvalue weighted by Crippen LogP contribution is 2.36. The van der Waals surface area contributed by atoms with Gasteiger partial charge in [-0.1, -0.05) is 6.07 Å². The second-order valence-electron chi connectivity index (χ2n) is 5.53. The number of benzene rings is 1. The quantitative estimate of drug-likeness (QED) is 0.481. The summed E-state index contributed by atoms with van der Waals surface area (Å²) in [5.74, 6) is -1.36. The molecule has 8 heteroatoms. The fourth-order valence-electron chi connectivity index (χ4n) is 2.12. The predicted octanol–water partition coefficient (Wildman–Crippen LogP) is 3.59. The summed E-state index contributed by atoms with van der Waals surface area (Å²) in [6.07, 6.45) is 1.43. The van der Waals surface area contributed by atoms with Crippen molar-refractivity contribution in [3.63, 3.8) is 0 Å².